The molecule has 6 rings (SSSR count). The van der Waals surface area contributed by atoms with Crippen molar-refractivity contribution in [1.29, 1.82) is 0 Å². The first-order valence-corrected chi connectivity index (χ1v) is 11.2. The molecule has 3 aromatic heterocycles. The van der Waals surface area contributed by atoms with Gasteiger partial charge in [-0.15, -0.1) is 0 Å². The first kappa shape index (κ1) is 20.1. The maximum atomic E-state index is 13.2. The fraction of sp³-hybridized carbons (Fsp3) is 0.111. The number of aromatic amines is 2. The maximum absolute atomic E-state index is 13.2. The molecule has 0 saturated heterocycles. The Hall–Kier alpha value is -4.52. The minimum atomic E-state index is -0.0137. The van der Waals surface area contributed by atoms with E-state index < -0.39 is 0 Å². The Morgan fingerprint density at radius 1 is 0.941 bits per heavy atom. The molecule has 0 saturated carbocycles. The molecule has 7 nitrogen and oxygen atoms in total. The van der Waals surface area contributed by atoms with Gasteiger partial charge >= 0.3 is 0 Å². The van der Waals surface area contributed by atoms with Crippen LogP contribution in [-0.4, -0.2) is 49.9 Å². The molecule has 34 heavy (non-hydrogen) atoms. The second-order valence-electron chi connectivity index (χ2n) is 8.30. The lowest BCUT2D eigenvalue weighted by atomic mass is 10.0. The minimum absolute atomic E-state index is 0.0137. The summed E-state index contributed by atoms with van der Waals surface area (Å²) in [5, 5.41) is 7.93. The number of carbonyl (C=O) groups excluding carboxylic acids is 1. The summed E-state index contributed by atoms with van der Waals surface area (Å²) in [6.45, 7) is 1.26. The fourth-order valence-electron chi connectivity index (χ4n) is 4.40. The van der Waals surface area contributed by atoms with Crippen LogP contribution in [0.5, 0.6) is 0 Å². The van der Waals surface area contributed by atoms with E-state index in [4.69, 9.17) is 0 Å². The molecule has 0 unspecified atom stereocenters. The van der Waals surface area contributed by atoms with Crippen molar-refractivity contribution in [2.45, 2.75) is 6.42 Å². The van der Waals surface area contributed by atoms with Crippen LogP contribution < -0.4 is 0 Å². The van der Waals surface area contributed by atoms with E-state index in [9.17, 15) is 4.79 Å². The summed E-state index contributed by atoms with van der Waals surface area (Å²) in [6, 6.07) is 20.0. The number of pyridine rings is 1. The number of carbonyl (C=O) groups is 1. The number of aliphatic imine (C=N–C) groups is 1. The number of hydrogen-bond donors (Lipinski definition) is 2. The van der Waals surface area contributed by atoms with Crippen LogP contribution in [0, 0.1) is 0 Å². The van der Waals surface area contributed by atoms with Crippen molar-refractivity contribution in [2.75, 3.05) is 13.1 Å². The summed E-state index contributed by atoms with van der Waals surface area (Å²) in [5.74, 6) is 0.814. The molecule has 0 radical (unpaired) electrons. The largest absolute Gasteiger partial charge is 0.346 e. The molecule has 0 aliphatic carbocycles. The molecule has 2 aromatic carbocycles. The molecule has 0 spiro atoms. The zero-order valence-corrected chi connectivity index (χ0v) is 18.4. The highest BCUT2D eigenvalue weighted by Gasteiger charge is 2.24. The third kappa shape index (κ3) is 3.67. The normalized spacial score (nSPS) is 13.4. The number of fused-ring (bicyclic) bond motifs is 1. The standard InChI is InChI=1S/C27H22N6O/c34-27(33-11-10-28-25(33)12-18-4-2-1-3-5-18)20-8-6-19(7-9-20)21-13-23-24(22-15-31-32-16-22)17-30-26(23)29-14-21/h1-9,13-17H,10-12H2,(H,29,30)(H,31,32). The molecule has 0 atom stereocenters. The SMILES string of the molecule is O=C(c1ccc(-c2cnc3[nH]cc(-c4cn[nH]c4)c3c2)cc1)N1CCN=C1Cc1ccccc1. The topological polar surface area (TPSA) is 90.0 Å². The van der Waals surface area contributed by atoms with Gasteiger partial charge in [0.15, 0.2) is 0 Å². The number of H-pyrrole nitrogens is 2. The summed E-state index contributed by atoms with van der Waals surface area (Å²) in [7, 11) is 0. The Kier molecular flexibility index (Phi) is 4.99. The van der Waals surface area contributed by atoms with E-state index in [2.05, 4.69) is 43.4 Å². The van der Waals surface area contributed by atoms with Crippen molar-refractivity contribution in [3.05, 3.63) is 96.6 Å². The minimum Gasteiger partial charge on any atom is -0.346 e. The molecular formula is C27H22N6O. The smallest absolute Gasteiger partial charge is 0.259 e. The van der Waals surface area contributed by atoms with Crippen molar-refractivity contribution >= 4 is 22.8 Å². The van der Waals surface area contributed by atoms with Gasteiger partial charge in [0, 0.05) is 59.2 Å². The Bertz CT molecular complexity index is 1480. The highest BCUT2D eigenvalue weighted by molar-refractivity contribution is 6.08. The maximum Gasteiger partial charge on any atom is 0.259 e. The quantitative estimate of drug-likeness (QED) is 0.409. The Morgan fingerprint density at radius 2 is 1.79 bits per heavy atom. The van der Waals surface area contributed by atoms with Crippen LogP contribution in [0.4, 0.5) is 0 Å². The zero-order valence-electron chi connectivity index (χ0n) is 18.4. The molecule has 5 aromatic rings. The van der Waals surface area contributed by atoms with E-state index in [-0.39, 0.29) is 5.91 Å². The molecule has 2 N–H and O–H groups in total. The molecule has 0 bridgehead atoms. The molecule has 1 aliphatic heterocycles. The van der Waals surface area contributed by atoms with Crippen LogP contribution >= 0.6 is 0 Å². The second kappa shape index (κ2) is 8.44. The molecule has 7 heteroatoms. The van der Waals surface area contributed by atoms with Crippen LogP contribution in [0.1, 0.15) is 15.9 Å². The number of nitrogens with one attached hydrogen (secondary N) is 2. The number of amides is 1. The van der Waals surface area contributed by atoms with Gasteiger partial charge < -0.3 is 4.98 Å². The van der Waals surface area contributed by atoms with E-state index in [1.807, 2.05) is 61.1 Å². The monoisotopic (exact) mass is 446 g/mol. The third-order valence-electron chi connectivity index (χ3n) is 6.19. The fourth-order valence-corrected chi connectivity index (χ4v) is 4.40. The summed E-state index contributed by atoms with van der Waals surface area (Å²) in [6.07, 6.45) is 8.11. The van der Waals surface area contributed by atoms with Crippen molar-refractivity contribution in [1.82, 2.24) is 25.1 Å². The molecular weight excluding hydrogens is 424 g/mol. The van der Waals surface area contributed by atoms with Crippen LogP contribution in [0.3, 0.4) is 0 Å². The average molecular weight is 447 g/mol. The third-order valence-corrected chi connectivity index (χ3v) is 6.19. The lowest BCUT2D eigenvalue weighted by Crippen LogP contribution is -2.35. The van der Waals surface area contributed by atoms with Crippen LogP contribution in [0.25, 0.3) is 33.3 Å². The van der Waals surface area contributed by atoms with Crippen molar-refractivity contribution < 1.29 is 4.79 Å². The highest BCUT2D eigenvalue weighted by atomic mass is 16.2. The van der Waals surface area contributed by atoms with E-state index in [1.165, 1.54) is 0 Å². The van der Waals surface area contributed by atoms with Crippen molar-refractivity contribution in [2.24, 2.45) is 4.99 Å². The summed E-state index contributed by atoms with van der Waals surface area (Å²) < 4.78 is 0. The van der Waals surface area contributed by atoms with Crippen LogP contribution in [-0.2, 0) is 6.42 Å². The van der Waals surface area contributed by atoms with Gasteiger partial charge in [-0.3, -0.25) is 19.8 Å². The van der Waals surface area contributed by atoms with Gasteiger partial charge in [0.05, 0.1) is 12.7 Å². The molecule has 4 heterocycles. The number of hydrogen-bond acceptors (Lipinski definition) is 4. The number of nitrogens with zero attached hydrogens (tertiary/aromatic N) is 4. The molecule has 1 aliphatic rings. The number of benzene rings is 2. The second-order valence-corrected chi connectivity index (χ2v) is 8.30. The highest BCUT2D eigenvalue weighted by Crippen LogP contribution is 2.30. The summed E-state index contributed by atoms with van der Waals surface area (Å²) in [5.41, 5.74) is 6.67. The van der Waals surface area contributed by atoms with Gasteiger partial charge in [-0.25, -0.2) is 4.98 Å². The van der Waals surface area contributed by atoms with E-state index in [1.54, 1.807) is 11.1 Å². The molecule has 1 amide bonds. The zero-order chi connectivity index (χ0) is 22.9. The molecule has 0 fully saturated rings. The lowest BCUT2D eigenvalue weighted by Gasteiger charge is -2.19. The molecule has 166 valence electrons. The predicted molar refractivity (Wildman–Crippen MR) is 133 cm³/mol. The predicted octanol–water partition coefficient (Wildman–Crippen LogP) is 4.72. The van der Waals surface area contributed by atoms with Gasteiger partial charge in [0.2, 0.25) is 0 Å². The van der Waals surface area contributed by atoms with Gasteiger partial charge in [0.1, 0.15) is 11.5 Å². The average Bonchev–Trinajstić information content (AvgIpc) is 3.65. The number of amidine groups is 1. The van der Waals surface area contributed by atoms with Crippen LogP contribution in [0.15, 0.2) is 90.4 Å². The Morgan fingerprint density at radius 3 is 2.59 bits per heavy atom. The summed E-state index contributed by atoms with van der Waals surface area (Å²) >= 11 is 0. The Balaban J connectivity index is 1.24. The van der Waals surface area contributed by atoms with Gasteiger partial charge in [0.25, 0.3) is 5.91 Å². The van der Waals surface area contributed by atoms with Crippen molar-refractivity contribution in [3.63, 3.8) is 0 Å². The van der Waals surface area contributed by atoms with Gasteiger partial charge in [-0.2, -0.15) is 5.10 Å². The lowest BCUT2D eigenvalue weighted by molar-refractivity contribution is 0.0856. The van der Waals surface area contributed by atoms with E-state index in [0.29, 0.717) is 25.1 Å². The van der Waals surface area contributed by atoms with Gasteiger partial charge in [-0.1, -0.05) is 42.5 Å². The first-order chi connectivity index (χ1) is 16.8. The van der Waals surface area contributed by atoms with E-state index >= 15 is 0 Å². The first-order valence-electron chi connectivity index (χ1n) is 11.2. The van der Waals surface area contributed by atoms with E-state index in [0.717, 1.165) is 44.7 Å². The van der Waals surface area contributed by atoms with Crippen molar-refractivity contribution in [3.8, 4) is 22.3 Å². The van der Waals surface area contributed by atoms with Gasteiger partial charge in [-0.05, 0) is 29.3 Å². The number of rotatable bonds is 5. The number of aromatic nitrogens is 4. The summed E-state index contributed by atoms with van der Waals surface area (Å²) in [4.78, 5) is 27.4. The van der Waals surface area contributed by atoms with Crippen LogP contribution in [0.2, 0.25) is 0 Å². The Labute approximate surface area is 196 Å².